The molecule has 6 nitrogen and oxygen atoms in total. The van der Waals surface area contributed by atoms with Crippen molar-refractivity contribution >= 4 is 15.9 Å². The average molecular weight is 350 g/mol. The quantitative estimate of drug-likeness (QED) is 0.818. The maximum absolute atomic E-state index is 13.2. The maximum atomic E-state index is 13.2. The van der Waals surface area contributed by atoms with Gasteiger partial charge in [0.1, 0.15) is 6.04 Å². The molecule has 1 aliphatic carbocycles. The number of nitrogens with zero attached hydrogens (tertiary/aromatic N) is 2. The van der Waals surface area contributed by atoms with Crippen LogP contribution < -0.4 is 0 Å². The van der Waals surface area contributed by atoms with Gasteiger partial charge >= 0.3 is 0 Å². The summed E-state index contributed by atoms with van der Waals surface area (Å²) in [4.78, 5) is 15.1. The molecule has 24 heavy (non-hydrogen) atoms. The summed E-state index contributed by atoms with van der Waals surface area (Å²) < 4.78 is 33.1. The molecule has 1 aromatic rings. The van der Waals surface area contributed by atoms with Crippen LogP contribution in [-0.2, 0) is 19.6 Å². The second kappa shape index (κ2) is 6.13. The first kappa shape index (κ1) is 16.1. The van der Waals surface area contributed by atoms with Gasteiger partial charge in [-0.2, -0.15) is 4.31 Å². The molecule has 0 radical (unpaired) electrons. The van der Waals surface area contributed by atoms with E-state index in [4.69, 9.17) is 4.74 Å². The van der Waals surface area contributed by atoms with Crippen LogP contribution in [0.3, 0.4) is 0 Å². The fourth-order valence-corrected chi connectivity index (χ4v) is 6.18. The van der Waals surface area contributed by atoms with Crippen molar-refractivity contribution in [2.45, 2.75) is 36.2 Å². The van der Waals surface area contributed by atoms with Crippen LogP contribution in [0.15, 0.2) is 35.2 Å². The Bertz CT molecular complexity index is 715. The van der Waals surface area contributed by atoms with Gasteiger partial charge in [0.15, 0.2) is 0 Å². The number of morpholine rings is 1. The van der Waals surface area contributed by atoms with Crippen molar-refractivity contribution in [3.05, 3.63) is 30.3 Å². The highest BCUT2D eigenvalue weighted by Crippen LogP contribution is 2.45. The van der Waals surface area contributed by atoms with E-state index in [1.807, 2.05) is 0 Å². The number of fused-ring (bicyclic) bond motifs is 2. The molecule has 0 unspecified atom stereocenters. The van der Waals surface area contributed by atoms with Gasteiger partial charge in [0.2, 0.25) is 15.9 Å². The van der Waals surface area contributed by atoms with Gasteiger partial charge in [-0.25, -0.2) is 8.42 Å². The molecule has 130 valence electrons. The fraction of sp³-hybridized carbons (Fsp3) is 0.588. The van der Waals surface area contributed by atoms with Crippen LogP contribution in [0.5, 0.6) is 0 Å². The highest BCUT2D eigenvalue weighted by atomic mass is 32.2. The second-order valence-electron chi connectivity index (χ2n) is 6.76. The Hall–Kier alpha value is -1.44. The summed E-state index contributed by atoms with van der Waals surface area (Å²) in [6.45, 7) is 2.15. The molecular weight excluding hydrogens is 328 g/mol. The van der Waals surface area contributed by atoms with Crippen LogP contribution >= 0.6 is 0 Å². The third kappa shape index (κ3) is 2.55. The molecule has 3 fully saturated rings. The Balaban J connectivity index is 1.66. The zero-order valence-electron chi connectivity index (χ0n) is 13.5. The van der Waals surface area contributed by atoms with Gasteiger partial charge in [0.05, 0.1) is 18.1 Å². The van der Waals surface area contributed by atoms with Gasteiger partial charge in [-0.05, 0) is 37.3 Å². The topological polar surface area (TPSA) is 66.9 Å². The Morgan fingerprint density at radius 1 is 1.08 bits per heavy atom. The molecule has 7 heteroatoms. The monoisotopic (exact) mass is 350 g/mol. The Kier molecular flexibility index (Phi) is 4.10. The van der Waals surface area contributed by atoms with E-state index in [-0.39, 0.29) is 22.8 Å². The van der Waals surface area contributed by atoms with Crippen LogP contribution in [0.4, 0.5) is 0 Å². The first-order valence-electron chi connectivity index (χ1n) is 8.54. The number of carbonyl (C=O) groups is 1. The van der Waals surface area contributed by atoms with E-state index in [0.717, 1.165) is 19.3 Å². The Labute approximate surface area is 142 Å². The van der Waals surface area contributed by atoms with Crippen molar-refractivity contribution in [1.82, 2.24) is 9.21 Å². The van der Waals surface area contributed by atoms with E-state index in [9.17, 15) is 13.2 Å². The minimum atomic E-state index is -3.65. The molecule has 0 spiro atoms. The van der Waals surface area contributed by atoms with Gasteiger partial charge < -0.3 is 9.64 Å². The number of benzene rings is 1. The van der Waals surface area contributed by atoms with Crippen molar-refractivity contribution in [1.29, 1.82) is 0 Å². The number of piperidine rings is 1. The largest absolute Gasteiger partial charge is 0.378 e. The Morgan fingerprint density at radius 2 is 1.79 bits per heavy atom. The van der Waals surface area contributed by atoms with Crippen molar-refractivity contribution in [2.75, 3.05) is 26.3 Å². The minimum Gasteiger partial charge on any atom is -0.378 e. The number of sulfonamides is 1. The SMILES string of the molecule is O=C([C@@H]1[C@H]2CC[C@@H](C2)N1S(=O)(=O)c1ccccc1)N1CCOCC1. The van der Waals surface area contributed by atoms with Crippen molar-refractivity contribution in [3.8, 4) is 0 Å². The van der Waals surface area contributed by atoms with Crippen LogP contribution in [0.2, 0.25) is 0 Å². The first-order valence-corrected chi connectivity index (χ1v) is 9.98. The molecule has 1 saturated carbocycles. The van der Waals surface area contributed by atoms with Gasteiger partial charge in [0.25, 0.3) is 0 Å². The lowest BCUT2D eigenvalue weighted by atomic mass is 9.98. The standard InChI is InChI=1S/C17H22N2O4S/c20-17(18-8-10-23-11-9-18)16-13-6-7-14(12-13)19(16)24(21,22)15-4-2-1-3-5-15/h1-5,13-14,16H,6-12H2/t13-,14-,16-/m0/s1. The molecule has 3 atom stereocenters. The zero-order valence-corrected chi connectivity index (χ0v) is 14.3. The van der Waals surface area contributed by atoms with E-state index in [1.165, 1.54) is 4.31 Å². The average Bonchev–Trinajstić information content (AvgIpc) is 3.24. The zero-order chi connectivity index (χ0) is 16.7. The Morgan fingerprint density at radius 3 is 2.50 bits per heavy atom. The number of amides is 1. The summed E-state index contributed by atoms with van der Waals surface area (Å²) >= 11 is 0. The predicted molar refractivity (Wildman–Crippen MR) is 87.8 cm³/mol. The molecule has 1 amide bonds. The van der Waals surface area contributed by atoms with E-state index in [1.54, 1.807) is 35.2 Å². The summed E-state index contributed by atoms with van der Waals surface area (Å²) in [6.07, 6.45) is 2.59. The third-order valence-corrected chi connectivity index (χ3v) is 7.37. The second-order valence-corrected chi connectivity index (χ2v) is 8.60. The van der Waals surface area contributed by atoms with E-state index < -0.39 is 16.1 Å². The summed E-state index contributed by atoms with van der Waals surface area (Å²) in [5.74, 6) is 0.0915. The summed E-state index contributed by atoms with van der Waals surface area (Å²) in [5, 5.41) is 0. The lowest BCUT2D eigenvalue weighted by molar-refractivity contribution is -0.140. The van der Waals surface area contributed by atoms with Crippen molar-refractivity contribution in [3.63, 3.8) is 0 Å². The number of hydrogen-bond acceptors (Lipinski definition) is 4. The lowest BCUT2D eigenvalue weighted by Crippen LogP contribution is -2.55. The number of carbonyl (C=O) groups excluding carboxylic acids is 1. The molecule has 0 aromatic heterocycles. The van der Waals surface area contributed by atoms with Crippen LogP contribution in [0, 0.1) is 5.92 Å². The summed E-state index contributed by atoms with van der Waals surface area (Å²) in [7, 11) is -3.65. The number of rotatable bonds is 3. The van der Waals surface area contributed by atoms with E-state index >= 15 is 0 Å². The maximum Gasteiger partial charge on any atom is 0.244 e. The van der Waals surface area contributed by atoms with Gasteiger partial charge in [-0.1, -0.05) is 18.2 Å². The van der Waals surface area contributed by atoms with E-state index in [0.29, 0.717) is 26.3 Å². The minimum absolute atomic E-state index is 0.0461. The molecule has 3 aliphatic rings. The van der Waals surface area contributed by atoms with Gasteiger partial charge in [-0.15, -0.1) is 0 Å². The van der Waals surface area contributed by atoms with E-state index in [2.05, 4.69) is 0 Å². The molecule has 0 N–H and O–H groups in total. The highest BCUT2D eigenvalue weighted by molar-refractivity contribution is 7.89. The van der Waals surface area contributed by atoms with Gasteiger partial charge in [0, 0.05) is 19.1 Å². The third-order valence-electron chi connectivity index (χ3n) is 5.42. The van der Waals surface area contributed by atoms with Gasteiger partial charge in [-0.3, -0.25) is 4.79 Å². The number of ether oxygens (including phenoxy) is 1. The smallest absolute Gasteiger partial charge is 0.244 e. The summed E-state index contributed by atoms with van der Waals surface area (Å²) in [5.41, 5.74) is 0. The molecule has 1 aromatic carbocycles. The first-order chi connectivity index (χ1) is 11.6. The van der Waals surface area contributed by atoms with Crippen LogP contribution in [0.1, 0.15) is 19.3 Å². The molecule has 2 aliphatic heterocycles. The van der Waals surface area contributed by atoms with Crippen molar-refractivity contribution < 1.29 is 17.9 Å². The lowest BCUT2D eigenvalue weighted by Gasteiger charge is -2.37. The summed E-state index contributed by atoms with van der Waals surface area (Å²) in [6, 6.07) is 7.86. The van der Waals surface area contributed by atoms with Crippen molar-refractivity contribution in [2.24, 2.45) is 5.92 Å². The molecular formula is C17H22N2O4S. The number of hydrogen-bond donors (Lipinski definition) is 0. The predicted octanol–water partition coefficient (Wildman–Crippen LogP) is 1.09. The normalized spacial score (nSPS) is 30.7. The highest BCUT2D eigenvalue weighted by Gasteiger charge is 2.55. The molecule has 2 bridgehead atoms. The molecule has 2 saturated heterocycles. The molecule has 2 heterocycles. The fourth-order valence-electron chi connectivity index (χ4n) is 4.29. The molecule has 4 rings (SSSR count). The van der Waals surface area contributed by atoms with Crippen LogP contribution in [-0.4, -0.2) is 61.9 Å². The van der Waals surface area contributed by atoms with Crippen LogP contribution in [0.25, 0.3) is 0 Å².